The first kappa shape index (κ1) is 24.1. The van der Waals surface area contributed by atoms with Crippen LogP contribution in [0.1, 0.15) is 0 Å². The van der Waals surface area contributed by atoms with Crippen LogP contribution in [0.25, 0.3) is 27.7 Å². The number of hydrogen-bond acceptors (Lipinski definition) is 6. The van der Waals surface area contributed by atoms with Crippen LogP contribution in [0.2, 0.25) is 0 Å². The number of ether oxygens (including phenoxy) is 1. The van der Waals surface area contributed by atoms with Gasteiger partial charge in [0.25, 0.3) is 15.6 Å². The highest BCUT2D eigenvalue weighted by molar-refractivity contribution is 7.92. The summed E-state index contributed by atoms with van der Waals surface area (Å²) in [7, 11) is -2.75. The number of halogens is 3. The molecule has 3 aromatic carbocycles. The molecule has 0 atom stereocenters. The normalized spacial score (nSPS) is 11.6. The van der Waals surface area contributed by atoms with E-state index in [0.717, 1.165) is 22.8 Å². The standard InChI is InChI=1S/C25H16F3N3O5S/c1-35-23-12-17(14-2-5-18(26)20(28)11-14)19(27)13-22(23)31-21-6-4-16(10-15(21)3-7-24(31)32)37(33,34)30-25-29-8-9-36-25/h2-13H,1H3,(H,29,30). The Morgan fingerprint density at radius 1 is 0.946 bits per heavy atom. The van der Waals surface area contributed by atoms with Gasteiger partial charge in [-0.25, -0.2) is 31.3 Å². The van der Waals surface area contributed by atoms with E-state index in [4.69, 9.17) is 9.15 Å². The first-order chi connectivity index (χ1) is 17.7. The number of sulfonamides is 1. The number of aromatic nitrogens is 2. The molecule has 37 heavy (non-hydrogen) atoms. The van der Waals surface area contributed by atoms with Gasteiger partial charge in [0.2, 0.25) is 0 Å². The van der Waals surface area contributed by atoms with Gasteiger partial charge in [-0.1, -0.05) is 6.07 Å². The number of anilines is 1. The maximum absolute atomic E-state index is 15.2. The van der Waals surface area contributed by atoms with Crippen molar-refractivity contribution in [2.75, 3.05) is 11.8 Å². The van der Waals surface area contributed by atoms with Gasteiger partial charge < -0.3 is 9.15 Å². The van der Waals surface area contributed by atoms with Gasteiger partial charge in [0.05, 0.1) is 29.4 Å². The summed E-state index contributed by atoms with van der Waals surface area (Å²) in [5.41, 5.74) is -0.255. The van der Waals surface area contributed by atoms with Crippen LogP contribution in [0.15, 0.2) is 87.2 Å². The highest BCUT2D eigenvalue weighted by atomic mass is 32.2. The highest BCUT2D eigenvalue weighted by Gasteiger charge is 2.20. The summed E-state index contributed by atoms with van der Waals surface area (Å²) in [6, 6.07) is 11.6. The molecule has 1 N–H and O–H groups in total. The molecule has 5 rings (SSSR count). The molecule has 0 saturated carbocycles. The molecule has 188 valence electrons. The zero-order valence-electron chi connectivity index (χ0n) is 18.9. The summed E-state index contributed by atoms with van der Waals surface area (Å²) >= 11 is 0. The van der Waals surface area contributed by atoms with Gasteiger partial charge in [-0.05, 0) is 48.0 Å². The lowest BCUT2D eigenvalue weighted by molar-refractivity contribution is 0.412. The van der Waals surface area contributed by atoms with Crippen molar-refractivity contribution in [1.29, 1.82) is 0 Å². The van der Waals surface area contributed by atoms with Gasteiger partial charge in [0, 0.05) is 23.1 Å². The van der Waals surface area contributed by atoms with Crippen molar-refractivity contribution in [2.24, 2.45) is 0 Å². The van der Waals surface area contributed by atoms with Crippen LogP contribution in [0.5, 0.6) is 5.75 Å². The van der Waals surface area contributed by atoms with E-state index in [9.17, 15) is 22.0 Å². The lowest BCUT2D eigenvalue weighted by Gasteiger charge is -2.16. The number of nitrogens with zero attached hydrogens (tertiary/aromatic N) is 2. The van der Waals surface area contributed by atoms with Crippen molar-refractivity contribution in [1.82, 2.24) is 9.55 Å². The number of methoxy groups -OCH3 is 1. The zero-order chi connectivity index (χ0) is 26.3. The van der Waals surface area contributed by atoms with Crippen LogP contribution < -0.4 is 15.0 Å². The number of nitrogens with one attached hydrogen (secondary N) is 1. The Balaban J connectivity index is 1.64. The van der Waals surface area contributed by atoms with Gasteiger partial charge in [-0.2, -0.15) is 0 Å². The molecule has 0 radical (unpaired) electrons. The van der Waals surface area contributed by atoms with E-state index in [0.29, 0.717) is 5.39 Å². The first-order valence-electron chi connectivity index (χ1n) is 10.6. The number of benzene rings is 3. The van der Waals surface area contributed by atoms with E-state index in [1.54, 1.807) is 0 Å². The molecule has 0 aliphatic carbocycles. The molecular formula is C25H16F3N3O5S. The Morgan fingerprint density at radius 2 is 1.76 bits per heavy atom. The quantitative estimate of drug-likeness (QED) is 0.338. The van der Waals surface area contributed by atoms with Crippen molar-refractivity contribution >= 4 is 26.9 Å². The van der Waals surface area contributed by atoms with Crippen LogP contribution in [0.3, 0.4) is 0 Å². The zero-order valence-corrected chi connectivity index (χ0v) is 19.7. The largest absolute Gasteiger partial charge is 0.495 e. The summed E-state index contributed by atoms with van der Waals surface area (Å²) in [5.74, 6) is -2.97. The minimum absolute atomic E-state index is 0.0236. The van der Waals surface area contributed by atoms with Gasteiger partial charge in [-0.3, -0.25) is 9.36 Å². The van der Waals surface area contributed by atoms with Crippen molar-refractivity contribution in [2.45, 2.75) is 4.90 Å². The van der Waals surface area contributed by atoms with Crippen molar-refractivity contribution in [3.63, 3.8) is 0 Å². The molecule has 2 aromatic heterocycles. The van der Waals surface area contributed by atoms with E-state index in [1.165, 1.54) is 62.0 Å². The maximum Gasteiger partial charge on any atom is 0.308 e. The smallest absolute Gasteiger partial charge is 0.308 e. The van der Waals surface area contributed by atoms with Crippen LogP contribution in [0.4, 0.5) is 19.2 Å². The third-order valence-corrected chi connectivity index (χ3v) is 6.89. The lowest BCUT2D eigenvalue weighted by atomic mass is 10.0. The second kappa shape index (κ2) is 9.13. The van der Waals surface area contributed by atoms with E-state index in [-0.39, 0.29) is 39.0 Å². The van der Waals surface area contributed by atoms with E-state index < -0.39 is 33.0 Å². The molecule has 0 fully saturated rings. The van der Waals surface area contributed by atoms with E-state index >= 15 is 4.39 Å². The van der Waals surface area contributed by atoms with Crippen LogP contribution in [-0.2, 0) is 10.0 Å². The molecule has 5 aromatic rings. The SMILES string of the molecule is COc1cc(-c2ccc(F)c(F)c2)c(F)cc1-n1c(=O)ccc2cc(S(=O)(=O)Nc3ncco3)ccc21. The number of rotatable bonds is 6. The van der Waals surface area contributed by atoms with Crippen molar-refractivity contribution < 1.29 is 30.7 Å². The topological polar surface area (TPSA) is 103 Å². The van der Waals surface area contributed by atoms with E-state index in [1.807, 2.05) is 0 Å². The van der Waals surface area contributed by atoms with Crippen LogP contribution in [0, 0.1) is 17.5 Å². The average molecular weight is 527 g/mol. The molecule has 0 saturated heterocycles. The summed E-state index contributed by atoms with van der Waals surface area (Å²) < 4.78 is 81.4. The number of fused-ring (bicyclic) bond motifs is 1. The average Bonchev–Trinajstić information content (AvgIpc) is 3.37. The Kier molecular flexibility index (Phi) is 5.96. The van der Waals surface area contributed by atoms with Gasteiger partial charge in [0.1, 0.15) is 17.8 Å². The summed E-state index contributed by atoms with van der Waals surface area (Å²) in [5, 5.41) is 0.349. The molecule has 12 heteroatoms. The Morgan fingerprint density at radius 3 is 2.46 bits per heavy atom. The molecular weight excluding hydrogens is 511 g/mol. The second-order valence-electron chi connectivity index (χ2n) is 7.80. The van der Waals surface area contributed by atoms with Crippen molar-refractivity contribution in [3.05, 3.63) is 101 Å². The fourth-order valence-electron chi connectivity index (χ4n) is 3.85. The monoisotopic (exact) mass is 527 g/mol. The predicted molar refractivity (Wildman–Crippen MR) is 129 cm³/mol. The fourth-order valence-corrected chi connectivity index (χ4v) is 4.83. The molecule has 8 nitrogen and oxygen atoms in total. The van der Waals surface area contributed by atoms with Crippen molar-refractivity contribution in [3.8, 4) is 22.6 Å². The summed E-state index contributed by atoms with van der Waals surface area (Å²) in [4.78, 5) is 16.5. The third kappa shape index (κ3) is 4.42. The van der Waals surface area contributed by atoms with Crippen LogP contribution >= 0.6 is 0 Å². The minimum Gasteiger partial charge on any atom is -0.495 e. The third-order valence-electron chi connectivity index (χ3n) is 5.57. The summed E-state index contributed by atoms with van der Waals surface area (Å²) in [6.45, 7) is 0. The number of pyridine rings is 1. The lowest BCUT2D eigenvalue weighted by Crippen LogP contribution is -2.19. The molecule has 0 spiro atoms. The Bertz CT molecular complexity index is 1820. The predicted octanol–water partition coefficient (Wildman–Crippen LogP) is 4.87. The fraction of sp³-hybridized carbons (Fsp3) is 0.0400. The first-order valence-corrected chi connectivity index (χ1v) is 12.1. The second-order valence-corrected chi connectivity index (χ2v) is 9.49. The summed E-state index contributed by atoms with van der Waals surface area (Å²) in [6.07, 6.45) is 2.49. The molecule has 0 aliphatic rings. The molecule has 0 bridgehead atoms. The van der Waals surface area contributed by atoms with Crippen LogP contribution in [-0.4, -0.2) is 25.1 Å². The minimum atomic E-state index is -4.06. The molecule has 0 unspecified atom stereocenters. The van der Waals surface area contributed by atoms with E-state index in [2.05, 4.69) is 9.71 Å². The number of hydrogen-bond donors (Lipinski definition) is 1. The molecule has 0 amide bonds. The molecule has 2 heterocycles. The Hall–Kier alpha value is -4.58. The van der Waals surface area contributed by atoms with Gasteiger partial charge >= 0.3 is 6.01 Å². The Labute approximate surface area is 207 Å². The maximum atomic E-state index is 15.2. The van der Waals surface area contributed by atoms with Gasteiger partial charge in [0.15, 0.2) is 11.6 Å². The highest BCUT2D eigenvalue weighted by Crippen LogP contribution is 2.34. The molecule has 0 aliphatic heterocycles. The number of oxazole rings is 1. The van der Waals surface area contributed by atoms with Gasteiger partial charge in [-0.15, -0.1) is 0 Å².